The van der Waals surface area contributed by atoms with E-state index < -0.39 is 0 Å². The van der Waals surface area contributed by atoms with Crippen molar-refractivity contribution in [1.29, 1.82) is 0 Å². The van der Waals surface area contributed by atoms with Gasteiger partial charge in [-0.05, 0) is 37.6 Å². The van der Waals surface area contributed by atoms with E-state index in [9.17, 15) is 4.79 Å². The Bertz CT molecular complexity index is 962. The summed E-state index contributed by atoms with van der Waals surface area (Å²) in [6, 6.07) is 9.41. The first kappa shape index (κ1) is 17.5. The molecule has 6 heteroatoms. The SMILES string of the molecule is CCCCOc1ccc(C(=O)N2CCc3c(cnc4cc(C)nn34)C2)cc1. The average molecular weight is 364 g/mol. The van der Waals surface area contributed by atoms with Crippen LogP contribution in [-0.2, 0) is 13.0 Å². The normalized spacial score (nSPS) is 13.6. The number of unbranched alkanes of at least 4 members (excludes halogenated alkanes) is 1. The van der Waals surface area contributed by atoms with Gasteiger partial charge in [-0.1, -0.05) is 13.3 Å². The fourth-order valence-electron chi connectivity index (χ4n) is 3.44. The molecule has 0 saturated carbocycles. The lowest BCUT2D eigenvalue weighted by Crippen LogP contribution is -2.37. The smallest absolute Gasteiger partial charge is 0.254 e. The van der Waals surface area contributed by atoms with Gasteiger partial charge in [-0.15, -0.1) is 0 Å². The van der Waals surface area contributed by atoms with Gasteiger partial charge >= 0.3 is 0 Å². The third-order valence-electron chi connectivity index (χ3n) is 4.93. The van der Waals surface area contributed by atoms with E-state index >= 15 is 0 Å². The molecule has 3 heterocycles. The number of rotatable bonds is 5. The van der Waals surface area contributed by atoms with Crippen LogP contribution in [0.1, 0.15) is 47.1 Å². The molecule has 0 fully saturated rings. The molecule has 0 radical (unpaired) electrons. The van der Waals surface area contributed by atoms with Crippen molar-refractivity contribution in [1.82, 2.24) is 19.5 Å². The molecule has 0 bridgehead atoms. The van der Waals surface area contributed by atoms with Crippen LogP contribution in [0.5, 0.6) is 5.75 Å². The second-order valence-electron chi connectivity index (χ2n) is 6.99. The number of ether oxygens (including phenoxy) is 1. The van der Waals surface area contributed by atoms with Crippen LogP contribution in [0.2, 0.25) is 0 Å². The Morgan fingerprint density at radius 2 is 2.07 bits per heavy atom. The van der Waals surface area contributed by atoms with Gasteiger partial charge in [0.15, 0.2) is 5.65 Å². The van der Waals surface area contributed by atoms with E-state index in [4.69, 9.17) is 4.74 Å². The van der Waals surface area contributed by atoms with Gasteiger partial charge in [0.2, 0.25) is 0 Å². The van der Waals surface area contributed by atoms with E-state index in [2.05, 4.69) is 17.0 Å². The van der Waals surface area contributed by atoms with Gasteiger partial charge in [0.25, 0.3) is 5.91 Å². The van der Waals surface area contributed by atoms with Crippen molar-refractivity contribution in [2.45, 2.75) is 39.7 Å². The van der Waals surface area contributed by atoms with E-state index in [-0.39, 0.29) is 5.91 Å². The van der Waals surface area contributed by atoms with Crippen LogP contribution in [-0.4, -0.2) is 38.6 Å². The Morgan fingerprint density at radius 3 is 2.85 bits per heavy atom. The highest BCUT2D eigenvalue weighted by atomic mass is 16.5. The molecule has 3 aromatic rings. The molecule has 2 aromatic heterocycles. The molecule has 1 aliphatic rings. The van der Waals surface area contributed by atoms with Gasteiger partial charge in [-0.2, -0.15) is 5.10 Å². The third kappa shape index (κ3) is 3.52. The minimum atomic E-state index is 0.0394. The van der Waals surface area contributed by atoms with Crippen molar-refractivity contribution < 1.29 is 9.53 Å². The minimum absolute atomic E-state index is 0.0394. The molecular weight excluding hydrogens is 340 g/mol. The van der Waals surface area contributed by atoms with Crippen LogP contribution in [0.15, 0.2) is 36.5 Å². The number of hydrogen-bond donors (Lipinski definition) is 0. The standard InChI is InChI=1S/C21H24N4O2/c1-3-4-11-27-18-7-5-16(6-8-18)21(26)24-10-9-19-17(14-24)13-22-20-12-15(2)23-25(19)20/h5-8,12-13H,3-4,9-11,14H2,1-2H3. The second-order valence-corrected chi connectivity index (χ2v) is 6.99. The van der Waals surface area contributed by atoms with Crippen LogP contribution in [0, 0.1) is 6.92 Å². The fraction of sp³-hybridized carbons (Fsp3) is 0.381. The van der Waals surface area contributed by atoms with E-state index in [1.165, 1.54) is 0 Å². The van der Waals surface area contributed by atoms with Crippen molar-refractivity contribution in [3.63, 3.8) is 0 Å². The van der Waals surface area contributed by atoms with E-state index in [1.807, 2.05) is 52.9 Å². The van der Waals surface area contributed by atoms with Crippen LogP contribution in [0.25, 0.3) is 5.65 Å². The van der Waals surface area contributed by atoms with Crippen molar-refractivity contribution in [3.8, 4) is 5.75 Å². The summed E-state index contributed by atoms with van der Waals surface area (Å²) in [5.41, 5.74) is 4.71. The fourth-order valence-corrected chi connectivity index (χ4v) is 3.44. The molecular formula is C21H24N4O2. The first-order valence-electron chi connectivity index (χ1n) is 9.51. The highest BCUT2D eigenvalue weighted by Crippen LogP contribution is 2.22. The summed E-state index contributed by atoms with van der Waals surface area (Å²) in [5.74, 6) is 0.849. The molecule has 0 saturated heterocycles. The molecule has 0 N–H and O–H groups in total. The Kier molecular flexibility index (Phi) is 4.79. The number of amides is 1. The van der Waals surface area contributed by atoms with Gasteiger partial charge < -0.3 is 9.64 Å². The molecule has 27 heavy (non-hydrogen) atoms. The summed E-state index contributed by atoms with van der Waals surface area (Å²) in [6.45, 7) is 6.05. The minimum Gasteiger partial charge on any atom is -0.494 e. The second kappa shape index (κ2) is 7.39. The summed E-state index contributed by atoms with van der Waals surface area (Å²) in [7, 11) is 0. The highest BCUT2D eigenvalue weighted by molar-refractivity contribution is 5.94. The lowest BCUT2D eigenvalue weighted by Gasteiger charge is -2.28. The quantitative estimate of drug-likeness (QED) is 0.651. The summed E-state index contributed by atoms with van der Waals surface area (Å²) in [6.07, 6.45) is 4.78. The van der Waals surface area contributed by atoms with Gasteiger partial charge in [0, 0.05) is 42.9 Å². The maximum absolute atomic E-state index is 12.9. The number of aromatic nitrogens is 3. The first-order valence-corrected chi connectivity index (χ1v) is 9.51. The Balaban J connectivity index is 1.48. The molecule has 6 nitrogen and oxygen atoms in total. The number of hydrogen-bond acceptors (Lipinski definition) is 4. The summed E-state index contributed by atoms with van der Waals surface area (Å²) in [5, 5.41) is 4.53. The maximum atomic E-state index is 12.9. The molecule has 4 rings (SSSR count). The summed E-state index contributed by atoms with van der Waals surface area (Å²) < 4.78 is 7.58. The maximum Gasteiger partial charge on any atom is 0.254 e. The van der Waals surface area contributed by atoms with Gasteiger partial charge in [-0.25, -0.2) is 9.50 Å². The zero-order chi connectivity index (χ0) is 18.8. The number of nitrogens with zero attached hydrogens (tertiary/aromatic N) is 4. The average Bonchev–Trinajstić information content (AvgIpc) is 3.08. The lowest BCUT2D eigenvalue weighted by atomic mass is 10.1. The van der Waals surface area contributed by atoms with Gasteiger partial charge in [0.1, 0.15) is 5.75 Å². The number of fused-ring (bicyclic) bond motifs is 3. The largest absolute Gasteiger partial charge is 0.494 e. The summed E-state index contributed by atoms with van der Waals surface area (Å²) >= 11 is 0. The predicted molar refractivity (Wildman–Crippen MR) is 103 cm³/mol. The van der Waals surface area contributed by atoms with Gasteiger partial charge in [-0.3, -0.25) is 4.79 Å². The molecule has 1 amide bonds. The summed E-state index contributed by atoms with van der Waals surface area (Å²) in [4.78, 5) is 19.2. The van der Waals surface area contributed by atoms with Crippen molar-refractivity contribution in [2.24, 2.45) is 0 Å². The molecule has 0 aliphatic carbocycles. The molecule has 0 atom stereocenters. The Labute approximate surface area is 158 Å². The number of carbonyl (C=O) groups excluding carboxylic acids is 1. The first-order chi connectivity index (χ1) is 13.2. The van der Waals surface area contributed by atoms with E-state index in [0.717, 1.165) is 47.6 Å². The number of benzene rings is 1. The third-order valence-corrected chi connectivity index (χ3v) is 4.93. The molecule has 140 valence electrons. The zero-order valence-corrected chi connectivity index (χ0v) is 15.8. The highest BCUT2D eigenvalue weighted by Gasteiger charge is 2.24. The molecule has 1 aliphatic heterocycles. The van der Waals surface area contributed by atoms with Gasteiger partial charge in [0.05, 0.1) is 18.0 Å². The van der Waals surface area contributed by atoms with Crippen LogP contribution in [0.4, 0.5) is 0 Å². The number of carbonyl (C=O) groups is 1. The zero-order valence-electron chi connectivity index (χ0n) is 15.8. The molecule has 0 spiro atoms. The van der Waals surface area contributed by atoms with E-state index in [0.29, 0.717) is 25.3 Å². The van der Waals surface area contributed by atoms with Crippen LogP contribution >= 0.6 is 0 Å². The lowest BCUT2D eigenvalue weighted by molar-refractivity contribution is 0.0732. The van der Waals surface area contributed by atoms with Crippen molar-refractivity contribution in [2.75, 3.05) is 13.2 Å². The topological polar surface area (TPSA) is 59.7 Å². The molecule has 1 aromatic carbocycles. The number of aryl methyl sites for hydroxylation is 1. The van der Waals surface area contributed by atoms with E-state index in [1.54, 1.807) is 0 Å². The predicted octanol–water partition coefficient (Wildman–Crippen LogP) is 3.42. The van der Waals surface area contributed by atoms with Crippen LogP contribution in [0.3, 0.4) is 0 Å². The van der Waals surface area contributed by atoms with Crippen molar-refractivity contribution >= 4 is 11.6 Å². The Morgan fingerprint density at radius 1 is 1.26 bits per heavy atom. The van der Waals surface area contributed by atoms with Crippen molar-refractivity contribution in [3.05, 3.63) is 59.0 Å². The monoisotopic (exact) mass is 364 g/mol. The van der Waals surface area contributed by atoms with Crippen LogP contribution < -0.4 is 4.74 Å². The Hall–Kier alpha value is -2.89. The molecule has 0 unspecified atom stereocenters.